The quantitative estimate of drug-likeness (QED) is 0.464. The second kappa shape index (κ2) is 11.8. The molecule has 0 aliphatic rings. The van der Waals surface area contributed by atoms with Crippen LogP contribution in [0.5, 0.6) is 5.75 Å². The van der Waals surface area contributed by atoms with Gasteiger partial charge in [-0.25, -0.2) is 0 Å². The summed E-state index contributed by atoms with van der Waals surface area (Å²) in [5, 5.41) is 8.18. The Hall–Kier alpha value is -3.52. The number of hydrogen-bond acceptors (Lipinski definition) is 6. The molecule has 1 heterocycles. The van der Waals surface area contributed by atoms with Crippen LogP contribution < -0.4 is 10.3 Å². The lowest BCUT2D eigenvalue weighted by Crippen LogP contribution is -2.27. The van der Waals surface area contributed by atoms with Crippen molar-refractivity contribution in [1.82, 2.24) is 20.1 Å². The summed E-state index contributed by atoms with van der Waals surface area (Å²) in [5.74, 6) is 1.02. The van der Waals surface area contributed by atoms with Gasteiger partial charge < -0.3 is 19.4 Å². The van der Waals surface area contributed by atoms with Gasteiger partial charge in [-0.05, 0) is 36.8 Å². The molecule has 2 aromatic carbocycles. The largest absolute Gasteiger partial charge is 0.491 e. The Morgan fingerprint density at radius 1 is 1.03 bits per heavy atom. The summed E-state index contributed by atoms with van der Waals surface area (Å²) in [4.78, 5) is 29.2. The third-order valence-electron chi connectivity index (χ3n) is 4.86. The van der Waals surface area contributed by atoms with E-state index in [0.29, 0.717) is 37.9 Å². The van der Waals surface area contributed by atoms with Gasteiger partial charge >= 0.3 is 0 Å². The molecule has 168 valence electrons. The maximum absolute atomic E-state index is 12.4. The molecule has 32 heavy (non-hydrogen) atoms. The van der Waals surface area contributed by atoms with Crippen LogP contribution in [0, 0.1) is 0 Å². The highest BCUT2D eigenvalue weighted by Crippen LogP contribution is 2.18. The van der Waals surface area contributed by atoms with Crippen LogP contribution in [-0.4, -0.2) is 52.9 Å². The SMILES string of the molecule is CCOCCOc1ccc(-c2nnc(CCC(=O)N(C)Cc3ccccc3)c(=O)[nH]2)cc1. The van der Waals surface area contributed by atoms with Crippen LogP contribution in [-0.2, 0) is 22.5 Å². The van der Waals surface area contributed by atoms with Crippen molar-refractivity contribution >= 4 is 5.91 Å². The number of carbonyl (C=O) groups is 1. The van der Waals surface area contributed by atoms with Gasteiger partial charge in [0.2, 0.25) is 5.91 Å². The molecule has 0 unspecified atom stereocenters. The van der Waals surface area contributed by atoms with Gasteiger partial charge in [0.05, 0.1) is 6.61 Å². The van der Waals surface area contributed by atoms with Crippen LogP contribution in [0.15, 0.2) is 59.4 Å². The number of amides is 1. The summed E-state index contributed by atoms with van der Waals surface area (Å²) in [5.41, 5.74) is 1.67. The number of rotatable bonds is 11. The van der Waals surface area contributed by atoms with E-state index in [0.717, 1.165) is 11.1 Å². The maximum atomic E-state index is 12.4. The zero-order chi connectivity index (χ0) is 22.8. The minimum atomic E-state index is -0.342. The number of ether oxygens (including phenoxy) is 2. The number of nitrogens with one attached hydrogen (secondary N) is 1. The highest BCUT2D eigenvalue weighted by atomic mass is 16.5. The minimum absolute atomic E-state index is 0.0564. The number of H-pyrrole nitrogens is 1. The fourth-order valence-corrected chi connectivity index (χ4v) is 3.09. The van der Waals surface area contributed by atoms with Crippen molar-refractivity contribution in [1.29, 1.82) is 0 Å². The smallest absolute Gasteiger partial charge is 0.273 e. The predicted octanol–water partition coefficient (Wildman–Crippen LogP) is 2.84. The Bertz CT molecular complexity index is 1050. The standard InChI is InChI=1S/C24H28N4O4/c1-3-31-15-16-32-20-11-9-19(10-12-20)23-25-24(30)21(26-27-23)13-14-22(29)28(2)17-18-7-5-4-6-8-18/h4-12H,3,13-17H2,1-2H3,(H,25,27,30). The van der Waals surface area contributed by atoms with E-state index in [2.05, 4.69) is 15.2 Å². The van der Waals surface area contributed by atoms with Crippen LogP contribution >= 0.6 is 0 Å². The summed E-state index contributed by atoms with van der Waals surface area (Å²) in [6, 6.07) is 17.0. The highest BCUT2D eigenvalue weighted by Gasteiger charge is 2.13. The van der Waals surface area contributed by atoms with Crippen LogP contribution in [0.2, 0.25) is 0 Å². The highest BCUT2D eigenvalue weighted by molar-refractivity contribution is 5.76. The lowest BCUT2D eigenvalue weighted by atomic mass is 10.2. The molecule has 0 saturated heterocycles. The minimum Gasteiger partial charge on any atom is -0.491 e. The second-order valence-corrected chi connectivity index (χ2v) is 7.25. The van der Waals surface area contributed by atoms with Gasteiger partial charge in [0.1, 0.15) is 18.1 Å². The second-order valence-electron chi connectivity index (χ2n) is 7.25. The Morgan fingerprint density at radius 3 is 2.47 bits per heavy atom. The van der Waals surface area contributed by atoms with Crippen molar-refractivity contribution in [2.24, 2.45) is 0 Å². The number of aromatic amines is 1. The molecule has 1 amide bonds. The zero-order valence-corrected chi connectivity index (χ0v) is 18.4. The number of aryl methyl sites for hydroxylation is 1. The molecule has 0 aliphatic heterocycles. The van der Waals surface area contributed by atoms with E-state index in [1.165, 1.54) is 0 Å². The molecule has 1 N–H and O–H groups in total. The topological polar surface area (TPSA) is 97.4 Å². The third-order valence-corrected chi connectivity index (χ3v) is 4.86. The molecular formula is C24H28N4O4. The Balaban J connectivity index is 1.54. The molecule has 0 bridgehead atoms. The van der Waals surface area contributed by atoms with E-state index in [-0.39, 0.29) is 30.0 Å². The molecule has 0 fully saturated rings. The molecule has 0 atom stereocenters. The number of aromatic nitrogens is 3. The van der Waals surface area contributed by atoms with E-state index >= 15 is 0 Å². The fourth-order valence-electron chi connectivity index (χ4n) is 3.09. The van der Waals surface area contributed by atoms with Gasteiger partial charge in [-0.3, -0.25) is 9.59 Å². The van der Waals surface area contributed by atoms with Gasteiger partial charge in [-0.2, -0.15) is 0 Å². The van der Waals surface area contributed by atoms with Crippen molar-refractivity contribution < 1.29 is 14.3 Å². The lowest BCUT2D eigenvalue weighted by Gasteiger charge is -2.17. The van der Waals surface area contributed by atoms with Crippen molar-refractivity contribution in [3.63, 3.8) is 0 Å². The molecule has 0 radical (unpaired) electrons. The molecule has 8 nitrogen and oxygen atoms in total. The Morgan fingerprint density at radius 2 is 1.78 bits per heavy atom. The molecule has 3 aromatic rings. The number of hydrogen-bond donors (Lipinski definition) is 1. The summed E-state index contributed by atoms with van der Waals surface area (Å²) in [7, 11) is 1.75. The van der Waals surface area contributed by atoms with E-state index in [4.69, 9.17) is 9.47 Å². The molecule has 0 aliphatic carbocycles. The first-order chi connectivity index (χ1) is 15.6. The van der Waals surface area contributed by atoms with Gasteiger partial charge in [-0.1, -0.05) is 30.3 Å². The van der Waals surface area contributed by atoms with Gasteiger partial charge in [0.15, 0.2) is 5.82 Å². The Kier molecular flexibility index (Phi) is 8.51. The third kappa shape index (κ3) is 6.75. The lowest BCUT2D eigenvalue weighted by molar-refractivity contribution is -0.130. The average molecular weight is 437 g/mol. The predicted molar refractivity (Wildman–Crippen MR) is 121 cm³/mol. The molecule has 3 rings (SSSR count). The zero-order valence-electron chi connectivity index (χ0n) is 18.4. The number of carbonyl (C=O) groups excluding carboxylic acids is 1. The first-order valence-corrected chi connectivity index (χ1v) is 10.6. The van der Waals surface area contributed by atoms with E-state index in [1.54, 1.807) is 36.2 Å². The molecule has 0 saturated carbocycles. The normalized spacial score (nSPS) is 10.7. The van der Waals surface area contributed by atoms with E-state index < -0.39 is 0 Å². The van der Waals surface area contributed by atoms with Crippen molar-refractivity contribution in [2.45, 2.75) is 26.3 Å². The monoisotopic (exact) mass is 436 g/mol. The van der Waals surface area contributed by atoms with Crippen LogP contribution in [0.1, 0.15) is 24.6 Å². The van der Waals surface area contributed by atoms with Crippen molar-refractivity contribution in [2.75, 3.05) is 26.9 Å². The summed E-state index contributed by atoms with van der Waals surface area (Å²) in [6.45, 7) is 4.11. The first-order valence-electron chi connectivity index (χ1n) is 10.6. The average Bonchev–Trinajstić information content (AvgIpc) is 2.82. The van der Waals surface area contributed by atoms with Crippen molar-refractivity contribution in [3.05, 3.63) is 76.2 Å². The van der Waals surface area contributed by atoms with Gasteiger partial charge in [0.25, 0.3) is 5.56 Å². The molecule has 1 aromatic heterocycles. The van der Waals surface area contributed by atoms with Gasteiger partial charge in [0, 0.05) is 38.6 Å². The molecule has 0 spiro atoms. The Labute approximate surface area is 187 Å². The summed E-state index contributed by atoms with van der Waals surface area (Å²) >= 11 is 0. The maximum Gasteiger partial charge on any atom is 0.273 e. The summed E-state index contributed by atoms with van der Waals surface area (Å²) < 4.78 is 10.8. The molecule has 8 heteroatoms. The van der Waals surface area contributed by atoms with Crippen LogP contribution in [0.25, 0.3) is 11.4 Å². The summed E-state index contributed by atoms with van der Waals surface area (Å²) in [6.07, 6.45) is 0.418. The fraction of sp³-hybridized carbons (Fsp3) is 0.333. The molecular weight excluding hydrogens is 408 g/mol. The van der Waals surface area contributed by atoms with Crippen molar-refractivity contribution in [3.8, 4) is 17.1 Å². The van der Waals surface area contributed by atoms with Crippen LogP contribution in [0.4, 0.5) is 0 Å². The van der Waals surface area contributed by atoms with E-state index in [9.17, 15) is 9.59 Å². The first kappa shape index (κ1) is 23.1. The van der Waals surface area contributed by atoms with Gasteiger partial charge in [-0.15, -0.1) is 10.2 Å². The van der Waals surface area contributed by atoms with E-state index in [1.807, 2.05) is 37.3 Å². The number of benzene rings is 2. The number of nitrogens with zero attached hydrogens (tertiary/aromatic N) is 3. The van der Waals surface area contributed by atoms with Crippen LogP contribution in [0.3, 0.4) is 0 Å².